The van der Waals surface area contributed by atoms with Gasteiger partial charge in [-0.1, -0.05) is 42.4 Å². The summed E-state index contributed by atoms with van der Waals surface area (Å²) >= 11 is 0. The Balaban J connectivity index is 0.000000282. The number of amides is 15. The van der Waals surface area contributed by atoms with E-state index in [0.29, 0.717) is 92.2 Å². The Morgan fingerprint density at radius 2 is 0.742 bits per heavy atom. The third-order valence-electron chi connectivity index (χ3n) is 21.4. The minimum Gasteiger partial charge on any atom is -0.446 e. The Bertz CT molecular complexity index is 4150. The zero-order valence-corrected chi connectivity index (χ0v) is 72.9. The fourth-order valence-electron chi connectivity index (χ4n) is 13.7. The Hall–Kier alpha value is -11.2. The van der Waals surface area contributed by atoms with Crippen LogP contribution < -0.4 is 26.6 Å². The number of allylic oxidation sites excluding steroid dienone is 5. The molecule has 5 heterocycles. The quantitative estimate of drug-likeness (QED) is 0.0127. The predicted octanol–water partition coefficient (Wildman–Crippen LogP) is 3.41. The van der Waals surface area contributed by atoms with E-state index in [9.17, 15) is 99.3 Å². The van der Waals surface area contributed by atoms with Crippen LogP contribution in [0.15, 0.2) is 72.9 Å². The van der Waals surface area contributed by atoms with Crippen molar-refractivity contribution in [3.63, 3.8) is 0 Å². The SMILES string of the molecule is C[C@]1(C(=O)NCCOCCOCCNC(=O)[C@H](CNC(=O)O[C@H]2CC/C=C/CCC2)S(=O)(=O)O)CC/C=C/[C@@H](OC(=O)NCCOCCOCCN2C(=O)C=CC2=O)CC1.C[C@]1(C(=O)ON2C(=O)CCC2=O)CC/C=C/[C@@H](OC(=O)NCCOCCOCCN2C(=O)C=CC2=O)CC1.C[C@]1(C(=O)ON2C(=O)CCC2=O)CC/C=C/[C@@H](OC(=O)ON2C(=O)CCC2=O)CC1. The third-order valence-corrected chi connectivity index (χ3v) is 22.5. The highest BCUT2D eigenvalue weighted by molar-refractivity contribution is 7.87. The number of hydrogen-bond acceptors (Lipinski definition) is 33. The molecule has 0 unspecified atom stereocenters. The number of hydrogen-bond donors (Lipinski definition) is 6. The van der Waals surface area contributed by atoms with E-state index in [-0.39, 0.29) is 206 Å². The maximum absolute atomic E-state index is 13.1. The maximum Gasteiger partial charge on any atom is 0.534 e. The van der Waals surface area contributed by atoms with Crippen molar-refractivity contribution >= 4 is 117 Å². The van der Waals surface area contributed by atoms with Crippen LogP contribution in [0, 0.1) is 16.2 Å². The van der Waals surface area contributed by atoms with E-state index < -0.39 is 134 Å². The van der Waals surface area contributed by atoms with Gasteiger partial charge in [0.05, 0.1) is 103 Å². The first kappa shape index (κ1) is 104. The molecule has 0 spiro atoms. The lowest BCUT2D eigenvalue weighted by atomic mass is 9.78. The fraction of sp³-hybridized carbons (Fsp3) is 0.639. The molecule has 0 saturated carbocycles. The molecule has 0 aromatic carbocycles. The normalized spacial score (nSPS) is 24.3. The molecule has 5 aliphatic heterocycles. The van der Waals surface area contributed by atoms with Crippen molar-refractivity contribution in [2.45, 2.75) is 198 Å². The standard InChI is InChI=1S/C39H61N5O15S.C25H33N3O10.C19H22N2O9/c1-39(15-8-7-11-31(14-16-39)59-37(49)42-19-23-56-27-28-57-24-20-44-33(45)12-13-34(44)46)36(48)41-18-22-55-26-25-54-21-17-40-35(47)32(60(51,52)53)29-43-38(50)58-30-9-5-3-2-4-6-10-30;1-25(23(33)38-28-21(31)7-8-22(28)32)10-3-2-4-18(9-11-25)37-24(34)26-12-14-35-16-17-36-15-13-27-19(29)5-6-20(27)30;1-19(17(26)29-20-13(22)5-6-14(20)23)10-3-2-4-12(9-11-19)28-18(27)30-21-15(24)7-8-16(21)25/h2-3,7,11-13,30-32H,4-6,8-10,14-29H2,1H3,(H,40,47)(H,41,48)(H,42,49)(H,43,50)(H,51,52,53);2,4-6,18H,3,7-17H2,1H3,(H,26,34);2,4,12H,3,5-11H2,1H3/b3-2+,11-7+;2*4-2+/t30-,31+,32-,39-;18-,25+;12-,19+/m011/s1. The van der Waals surface area contributed by atoms with Crippen molar-refractivity contribution in [3.05, 3.63) is 72.9 Å². The van der Waals surface area contributed by atoms with E-state index in [1.165, 1.54) is 24.3 Å². The fourth-order valence-corrected chi connectivity index (χ4v) is 14.3. The van der Waals surface area contributed by atoms with Crippen LogP contribution in [0.5, 0.6) is 0 Å². The molecule has 8 atom stereocenters. The molecule has 9 aliphatic rings. The molecule has 708 valence electrons. The van der Waals surface area contributed by atoms with Crippen molar-refractivity contribution in [2.24, 2.45) is 16.2 Å². The lowest BCUT2D eigenvalue weighted by Crippen LogP contribution is -2.48. The van der Waals surface area contributed by atoms with E-state index in [0.717, 1.165) is 29.1 Å². The van der Waals surface area contributed by atoms with Crippen LogP contribution >= 0.6 is 0 Å². The van der Waals surface area contributed by atoms with Gasteiger partial charge in [-0.25, -0.2) is 28.8 Å². The molecule has 45 heteroatoms. The summed E-state index contributed by atoms with van der Waals surface area (Å²) in [5, 5.41) is 12.3. The van der Waals surface area contributed by atoms with E-state index in [1.54, 1.807) is 32.1 Å². The highest BCUT2D eigenvalue weighted by atomic mass is 32.2. The average molecular weight is 1830 g/mol. The number of carbonyl (C=O) groups is 18. The van der Waals surface area contributed by atoms with Crippen molar-refractivity contribution in [2.75, 3.05) is 125 Å². The van der Waals surface area contributed by atoms with Crippen LogP contribution in [0.25, 0.3) is 0 Å². The molecule has 6 N–H and O–H groups in total. The topological polar surface area (TPSA) is 558 Å². The zero-order chi connectivity index (χ0) is 93.1. The number of nitrogens with one attached hydrogen (secondary N) is 5. The van der Waals surface area contributed by atoms with Crippen molar-refractivity contribution in [3.8, 4) is 0 Å². The van der Waals surface area contributed by atoms with Gasteiger partial charge in [0.25, 0.3) is 69.2 Å². The van der Waals surface area contributed by atoms with Crippen molar-refractivity contribution < 1.29 is 161 Å². The molecule has 4 aliphatic carbocycles. The number of imide groups is 5. The number of alkyl carbamates (subject to hydrolysis) is 3. The molecule has 9 rings (SSSR count). The molecule has 128 heavy (non-hydrogen) atoms. The lowest BCUT2D eigenvalue weighted by molar-refractivity contribution is -0.205. The van der Waals surface area contributed by atoms with Gasteiger partial charge in [-0.05, 0) is 141 Å². The highest BCUT2D eigenvalue weighted by Crippen LogP contribution is 2.38. The van der Waals surface area contributed by atoms with Gasteiger partial charge in [-0.15, -0.1) is 10.1 Å². The first-order valence-corrected chi connectivity index (χ1v) is 44.1. The molecule has 0 bridgehead atoms. The van der Waals surface area contributed by atoms with E-state index in [4.69, 9.17) is 57.0 Å². The Morgan fingerprint density at radius 1 is 0.391 bits per heavy atom. The predicted molar refractivity (Wildman–Crippen MR) is 439 cm³/mol. The molecule has 0 aromatic rings. The smallest absolute Gasteiger partial charge is 0.446 e. The summed E-state index contributed by atoms with van der Waals surface area (Å²) in [7, 11) is -4.83. The first-order valence-electron chi connectivity index (χ1n) is 42.6. The molecule has 15 amide bonds. The summed E-state index contributed by atoms with van der Waals surface area (Å²) in [6.07, 6.45) is 23.1. The minimum atomic E-state index is -4.83. The van der Waals surface area contributed by atoms with Crippen LogP contribution in [-0.2, 0) is 139 Å². The highest BCUT2D eigenvalue weighted by Gasteiger charge is 2.45. The summed E-state index contributed by atoms with van der Waals surface area (Å²) in [5.74, 6) is -7.36. The van der Waals surface area contributed by atoms with Gasteiger partial charge in [-0.3, -0.25) is 76.7 Å². The van der Waals surface area contributed by atoms with Gasteiger partial charge in [0.1, 0.15) is 24.4 Å². The van der Waals surface area contributed by atoms with Crippen molar-refractivity contribution in [1.29, 1.82) is 0 Å². The van der Waals surface area contributed by atoms with Crippen LogP contribution in [0.3, 0.4) is 0 Å². The summed E-state index contributed by atoms with van der Waals surface area (Å²) in [6.45, 7) is 8.00. The zero-order valence-electron chi connectivity index (χ0n) is 72.1. The van der Waals surface area contributed by atoms with Gasteiger partial charge in [0.15, 0.2) is 5.25 Å². The average Bonchev–Trinajstić information content (AvgIpc) is 1.63. The van der Waals surface area contributed by atoms with Gasteiger partial charge >= 0.3 is 36.4 Å². The molecule has 44 nitrogen and oxygen atoms in total. The van der Waals surface area contributed by atoms with Gasteiger partial charge in [0.2, 0.25) is 11.8 Å². The number of rotatable bonds is 41. The summed E-state index contributed by atoms with van der Waals surface area (Å²) in [4.78, 5) is 233. The molecular formula is C83H116N10O34S. The number of carbonyl (C=O) groups excluding carboxylic acids is 18. The number of ether oxygens (including phenoxy) is 10. The maximum atomic E-state index is 13.1. The Labute approximate surface area is 739 Å². The van der Waals surface area contributed by atoms with Crippen molar-refractivity contribution in [1.82, 2.24) is 51.6 Å². The second kappa shape index (κ2) is 53.5. The first-order chi connectivity index (χ1) is 61.2. The van der Waals surface area contributed by atoms with Gasteiger partial charge < -0.3 is 83.6 Å². The summed E-state index contributed by atoms with van der Waals surface area (Å²) < 4.78 is 87.2. The van der Waals surface area contributed by atoms with Gasteiger partial charge in [0, 0.05) is 101 Å². The molecule has 0 aromatic heterocycles. The lowest BCUT2D eigenvalue weighted by Gasteiger charge is -2.30. The molecule has 0 radical (unpaired) electrons. The third kappa shape index (κ3) is 35.8. The minimum absolute atomic E-state index is 0.00557. The Morgan fingerprint density at radius 3 is 1.16 bits per heavy atom. The molecule has 3 fully saturated rings. The van der Waals surface area contributed by atoms with Crippen LogP contribution in [0.4, 0.5) is 19.2 Å². The summed E-state index contributed by atoms with van der Waals surface area (Å²) in [5.41, 5.74) is -2.65. The van der Waals surface area contributed by atoms with E-state index in [1.807, 2.05) is 31.2 Å². The summed E-state index contributed by atoms with van der Waals surface area (Å²) in [6, 6.07) is 0. The van der Waals surface area contributed by atoms with E-state index >= 15 is 0 Å². The Kier molecular flexibility index (Phi) is 43.4. The largest absolute Gasteiger partial charge is 0.534 e. The van der Waals surface area contributed by atoms with Crippen LogP contribution in [0.2, 0.25) is 0 Å². The van der Waals surface area contributed by atoms with E-state index in [2.05, 4.69) is 37.5 Å². The molecular weight excluding hydrogens is 1710 g/mol. The van der Waals surface area contributed by atoms with Crippen LogP contribution in [-0.4, -0.2) is 300 Å². The van der Waals surface area contributed by atoms with Crippen LogP contribution in [0.1, 0.15) is 168 Å². The number of hydroxylamine groups is 6. The monoisotopic (exact) mass is 1830 g/mol. The second-order valence-electron chi connectivity index (χ2n) is 31.4. The van der Waals surface area contributed by atoms with Gasteiger partial charge in [-0.2, -0.15) is 8.42 Å². The number of nitrogens with zero attached hydrogens (tertiary/aromatic N) is 5. The molecule has 3 saturated heterocycles. The second-order valence-corrected chi connectivity index (χ2v) is 33.0.